The van der Waals surface area contributed by atoms with Gasteiger partial charge < -0.3 is 25.1 Å². The highest BCUT2D eigenvalue weighted by Gasteiger charge is 2.37. The first-order chi connectivity index (χ1) is 22.7. The molecule has 0 spiro atoms. The molecular weight excluding hydrogens is 604 g/mol. The number of aliphatic hydroxyl groups is 2. The predicted octanol–water partition coefficient (Wildman–Crippen LogP) is 8.20. The molecule has 47 heavy (non-hydrogen) atoms. The van der Waals surface area contributed by atoms with Gasteiger partial charge in [-0.3, -0.25) is 0 Å². The van der Waals surface area contributed by atoms with E-state index in [1.807, 2.05) is 157 Å². The molecule has 0 amide bonds. The predicted molar refractivity (Wildman–Crippen MR) is 191 cm³/mol. The number of hydrogen-bond acceptors (Lipinski definition) is 5. The summed E-state index contributed by atoms with van der Waals surface area (Å²) in [5, 5.41) is 36.6. The third-order valence-electron chi connectivity index (χ3n) is 8.57. The number of aromatic hydroxyl groups is 1. The Bertz CT molecular complexity index is 1720. The van der Waals surface area contributed by atoms with E-state index in [2.05, 4.69) is 6.58 Å². The minimum absolute atomic E-state index is 0.0921. The van der Waals surface area contributed by atoms with Crippen molar-refractivity contribution in [1.82, 2.24) is 9.80 Å². The molecule has 240 valence electrons. The zero-order valence-electron chi connectivity index (χ0n) is 26.8. The number of halogens is 1. The molecule has 0 radical (unpaired) electrons. The van der Waals surface area contributed by atoms with Gasteiger partial charge in [0, 0.05) is 42.0 Å². The van der Waals surface area contributed by atoms with Crippen molar-refractivity contribution in [3.8, 4) is 5.75 Å². The quantitative estimate of drug-likeness (QED) is 0.121. The van der Waals surface area contributed by atoms with Crippen LogP contribution >= 0.6 is 11.6 Å². The summed E-state index contributed by atoms with van der Waals surface area (Å²) in [6, 6.07) is 41.6. The van der Waals surface area contributed by atoms with Crippen LogP contribution in [0.25, 0.3) is 0 Å². The topological polar surface area (TPSA) is 67.2 Å². The lowest BCUT2D eigenvalue weighted by molar-refractivity contribution is 0.0479. The van der Waals surface area contributed by atoms with Gasteiger partial charge in [-0.1, -0.05) is 146 Å². The second-order valence-corrected chi connectivity index (χ2v) is 12.2. The van der Waals surface area contributed by atoms with Crippen molar-refractivity contribution in [3.05, 3.63) is 196 Å². The van der Waals surface area contributed by atoms with Crippen LogP contribution in [0.15, 0.2) is 158 Å². The first kappa shape index (κ1) is 33.6. The summed E-state index contributed by atoms with van der Waals surface area (Å²) in [6.45, 7) is 7.01. The average Bonchev–Trinajstić information content (AvgIpc) is 3.11. The second kappa shape index (κ2) is 14.7. The number of phenols is 1. The number of nitrogens with zero attached hydrogens (tertiary/aromatic N) is 2. The lowest BCUT2D eigenvalue weighted by Crippen LogP contribution is -2.39. The molecule has 0 atom stereocenters. The summed E-state index contributed by atoms with van der Waals surface area (Å²) in [4.78, 5) is 3.81. The first-order valence-corrected chi connectivity index (χ1v) is 16.0. The summed E-state index contributed by atoms with van der Waals surface area (Å²) in [5.74, 6) is 0.0921. The van der Waals surface area contributed by atoms with E-state index in [1.54, 1.807) is 12.1 Å². The van der Waals surface area contributed by atoms with E-state index in [1.165, 1.54) is 0 Å². The van der Waals surface area contributed by atoms with Crippen LogP contribution in [0.4, 0.5) is 0 Å². The summed E-state index contributed by atoms with van der Waals surface area (Å²) in [7, 11) is 1.84. The Balaban J connectivity index is 1.45. The van der Waals surface area contributed by atoms with Gasteiger partial charge in [-0.25, -0.2) is 0 Å². The van der Waals surface area contributed by atoms with Gasteiger partial charge in [0.05, 0.1) is 6.54 Å². The van der Waals surface area contributed by atoms with E-state index >= 15 is 0 Å². The molecular formula is C41H41ClN2O3. The number of hydrogen-bond donors (Lipinski definition) is 3. The highest BCUT2D eigenvalue weighted by Crippen LogP contribution is 2.39. The van der Waals surface area contributed by atoms with Crippen molar-refractivity contribution in [3.63, 3.8) is 0 Å². The third-order valence-corrected chi connectivity index (χ3v) is 8.79. The van der Waals surface area contributed by atoms with E-state index in [0.29, 0.717) is 33.0 Å². The molecule has 0 saturated carbocycles. The van der Waals surface area contributed by atoms with Crippen LogP contribution in [-0.4, -0.2) is 38.7 Å². The van der Waals surface area contributed by atoms with Crippen LogP contribution in [0, 0.1) is 0 Å². The highest BCUT2D eigenvalue weighted by atomic mass is 35.5. The molecule has 6 heteroatoms. The maximum Gasteiger partial charge on any atom is 0.154 e. The fourth-order valence-corrected chi connectivity index (χ4v) is 6.37. The Morgan fingerprint density at radius 3 is 1.53 bits per heavy atom. The number of allylic oxidation sites excluding steroid dienone is 1. The van der Waals surface area contributed by atoms with Gasteiger partial charge in [-0.2, -0.15) is 0 Å². The van der Waals surface area contributed by atoms with Gasteiger partial charge in [0.1, 0.15) is 11.4 Å². The lowest BCUT2D eigenvalue weighted by Gasteiger charge is -2.37. The Hall–Kier alpha value is -4.81. The summed E-state index contributed by atoms with van der Waals surface area (Å²) < 4.78 is 0. The van der Waals surface area contributed by atoms with Crippen LogP contribution < -0.4 is 0 Å². The van der Waals surface area contributed by atoms with E-state index < -0.39 is 11.2 Å². The molecule has 5 aromatic carbocycles. The molecule has 5 rings (SSSR count). The van der Waals surface area contributed by atoms with Crippen molar-refractivity contribution in [2.24, 2.45) is 0 Å². The van der Waals surface area contributed by atoms with Crippen molar-refractivity contribution < 1.29 is 15.3 Å². The normalized spacial score (nSPS) is 11.9. The molecule has 0 aliphatic rings. The van der Waals surface area contributed by atoms with E-state index in [-0.39, 0.29) is 25.4 Å². The molecule has 3 N–H and O–H groups in total. The molecule has 0 aromatic heterocycles. The molecule has 0 aliphatic carbocycles. The molecule has 0 fully saturated rings. The summed E-state index contributed by atoms with van der Waals surface area (Å²) in [5.41, 5.74) is 1.71. The molecule has 0 heterocycles. The first-order valence-electron chi connectivity index (χ1n) is 15.6. The van der Waals surface area contributed by atoms with Crippen LogP contribution in [0.2, 0.25) is 5.02 Å². The van der Waals surface area contributed by atoms with Crippen molar-refractivity contribution in [2.45, 2.75) is 31.2 Å². The van der Waals surface area contributed by atoms with E-state index in [0.717, 1.165) is 11.1 Å². The van der Waals surface area contributed by atoms with Crippen LogP contribution in [-0.2, 0) is 24.3 Å². The molecule has 5 nitrogen and oxygen atoms in total. The Labute approximate surface area is 283 Å². The Morgan fingerprint density at radius 1 is 0.702 bits per heavy atom. The van der Waals surface area contributed by atoms with E-state index in [4.69, 9.17) is 11.6 Å². The largest absolute Gasteiger partial charge is 0.507 e. The zero-order valence-corrected chi connectivity index (χ0v) is 27.6. The maximum absolute atomic E-state index is 12.3. The van der Waals surface area contributed by atoms with Crippen LogP contribution in [0.1, 0.15) is 40.3 Å². The fourth-order valence-electron chi connectivity index (χ4n) is 6.11. The van der Waals surface area contributed by atoms with Crippen LogP contribution in [0.3, 0.4) is 0 Å². The molecule has 0 bridgehead atoms. The van der Waals surface area contributed by atoms with Crippen molar-refractivity contribution >= 4 is 11.6 Å². The second-order valence-electron chi connectivity index (χ2n) is 11.8. The molecule has 0 aliphatic heterocycles. The zero-order chi connectivity index (χ0) is 33.4. The lowest BCUT2D eigenvalue weighted by atomic mass is 9.83. The number of phenolic OH excluding ortho intramolecular Hbond substituents is 1. The van der Waals surface area contributed by atoms with Gasteiger partial charge in [0.15, 0.2) is 5.60 Å². The minimum atomic E-state index is -1.50. The standard InChI is InChI=1S/C41H41ClN2O3/c1-4-25-44(30-40(46,34-17-9-5-10-18-34)35-19-11-6-12-20-35)29-33-27-38(42)26-32(39(33)45)28-43(3)31(2)41(47,36-21-13-7-14-22-36)37-23-15-8-16-24-37/h4-27,45-47H,2,28-30H2,1,3H3/b25-4-. The van der Waals surface area contributed by atoms with Crippen molar-refractivity contribution in [1.29, 1.82) is 0 Å². The highest BCUT2D eigenvalue weighted by molar-refractivity contribution is 6.30. The van der Waals surface area contributed by atoms with Gasteiger partial charge in [-0.15, -0.1) is 0 Å². The summed E-state index contributed by atoms with van der Waals surface area (Å²) >= 11 is 6.66. The number of rotatable bonds is 13. The van der Waals surface area contributed by atoms with Gasteiger partial charge in [0.2, 0.25) is 0 Å². The van der Waals surface area contributed by atoms with Gasteiger partial charge in [-0.05, 0) is 47.5 Å². The molecule has 5 aromatic rings. The third kappa shape index (κ3) is 7.28. The van der Waals surface area contributed by atoms with Crippen LogP contribution in [0.5, 0.6) is 5.75 Å². The van der Waals surface area contributed by atoms with Gasteiger partial charge in [0.25, 0.3) is 0 Å². The number of likely N-dealkylation sites (N-methyl/N-ethyl adjacent to an activating group) is 1. The summed E-state index contributed by atoms with van der Waals surface area (Å²) in [6.07, 6.45) is 3.81. The monoisotopic (exact) mass is 644 g/mol. The van der Waals surface area contributed by atoms with E-state index in [9.17, 15) is 15.3 Å². The maximum atomic E-state index is 12.3. The molecule has 0 saturated heterocycles. The number of benzene rings is 5. The van der Waals surface area contributed by atoms with Gasteiger partial charge >= 0.3 is 0 Å². The fraction of sp³-hybridized carbons (Fsp3) is 0.171. The van der Waals surface area contributed by atoms with Crippen molar-refractivity contribution in [2.75, 3.05) is 13.6 Å². The Morgan fingerprint density at radius 2 is 1.11 bits per heavy atom. The average molecular weight is 645 g/mol. The minimum Gasteiger partial charge on any atom is -0.507 e. The molecule has 0 unspecified atom stereocenters. The SMILES string of the molecule is C=C(N(C)Cc1cc(Cl)cc(CN(/C=C\C)CC(O)(c2ccccc2)c2ccccc2)c1O)C(O)(c1ccccc1)c1ccccc1. The smallest absolute Gasteiger partial charge is 0.154 e. The Kier molecular flexibility index (Phi) is 10.5.